The topological polar surface area (TPSA) is 68.0 Å². The quantitative estimate of drug-likeness (QED) is 0.798. The van der Waals surface area contributed by atoms with Crippen LogP contribution in [0.3, 0.4) is 0 Å². The third kappa shape index (κ3) is 5.05. The lowest BCUT2D eigenvalue weighted by Gasteiger charge is -2.28. The smallest absolute Gasteiger partial charge is 0.251 e. The lowest BCUT2D eigenvalue weighted by molar-refractivity contribution is 0.0941. The standard InChI is InChI=1S/C16H21N3OS.2ClH/c17-16(7-3-1-2-4-8-16)10-18-15(20)12-5-6-13-14(9-12)21-11-19-13;;/h5-6,9,11H,1-4,7-8,10,17H2,(H,18,20);2*1H. The highest BCUT2D eigenvalue weighted by Crippen LogP contribution is 2.24. The molecule has 3 N–H and O–H groups in total. The molecule has 0 bridgehead atoms. The Morgan fingerprint density at radius 1 is 1.22 bits per heavy atom. The number of benzene rings is 1. The normalized spacial score (nSPS) is 16.7. The molecule has 2 aromatic rings. The van der Waals surface area contributed by atoms with E-state index in [0.717, 1.165) is 23.1 Å². The van der Waals surface area contributed by atoms with Crippen molar-refractivity contribution in [2.75, 3.05) is 6.54 Å². The van der Waals surface area contributed by atoms with Crippen molar-refractivity contribution in [3.63, 3.8) is 0 Å². The summed E-state index contributed by atoms with van der Waals surface area (Å²) in [6.45, 7) is 0.562. The van der Waals surface area contributed by atoms with Crippen molar-refractivity contribution < 1.29 is 4.79 Å². The monoisotopic (exact) mass is 375 g/mol. The second-order valence-corrected chi connectivity index (χ2v) is 6.88. The highest BCUT2D eigenvalue weighted by molar-refractivity contribution is 7.16. The van der Waals surface area contributed by atoms with Crippen LogP contribution in [0.5, 0.6) is 0 Å². The van der Waals surface area contributed by atoms with E-state index in [1.54, 1.807) is 16.8 Å². The molecule has 1 fully saturated rings. The van der Waals surface area contributed by atoms with E-state index in [1.165, 1.54) is 25.7 Å². The molecular weight excluding hydrogens is 353 g/mol. The molecule has 1 saturated carbocycles. The van der Waals surface area contributed by atoms with E-state index in [9.17, 15) is 4.79 Å². The van der Waals surface area contributed by atoms with Crippen LogP contribution in [-0.4, -0.2) is 23.0 Å². The van der Waals surface area contributed by atoms with Gasteiger partial charge >= 0.3 is 0 Å². The number of thiazole rings is 1. The minimum absolute atomic E-state index is 0. The van der Waals surface area contributed by atoms with Gasteiger partial charge in [-0.25, -0.2) is 4.98 Å². The summed E-state index contributed by atoms with van der Waals surface area (Å²) in [6, 6.07) is 5.62. The number of aromatic nitrogens is 1. The molecule has 0 aliphatic heterocycles. The summed E-state index contributed by atoms with van der Waals surface area (Å²) in [4.78, 5) is 16.5. The zero-order valence-corrected chi connectivity index (χ0v) is 15.4. The summed E-state index contributed by atoms with van der Waals surface area (Å²) < 4.78 is 1.04. The van der Waals surface area contributed by atoms with Crippen molar-refractivity contribution in [2.45, 2.75) is 44.1 Å². The number of amides is 1. The molecule has 0 radical (unpaired) electrons. The lowest BCUT2D eigenvalue weighted by atomic mass is 9.91. The van der Waals surface area contributed by atoms with Crippen molar-refractivity contribution >= 4 is 52.3 Å². The van der Waals surface area contributed by atoms with Crippen molar-refractivity contribution in [3.05, 3.63) is 29.3 Å². The molecule has 1 amide bonds. The maximum Gasteiger partial charge on any atom is 0.251 e. The third-order valence-electron chi connectivity index (χ3n) is 4.29. The Hall–Kier alpha value is -0.880. The SMILES string of the molecule is Cl.Cl.NC1(CNC(=O)c2ccc3ncsc3c2)CCCCCC1. The van der Waals surface area contributed by atoms with Crippen LogP contribution in [0, 0.1) is 0 Å². The summed E-state index contributed by atoms with van der Waals surface area (Å²) in [5, 5.41) is 3.01. The highest BCUT2D eigenvalue weighted by atomic mass is 35.5. The van der Waals surface area contributed by atoms with E-state index in [1.807, 2.05) is 18.2 Å². The number of nitrogens with one attached hydrogen (secondary N) is 1. The van der Waals surface area contributed by atoms with Crippen molar-refractivity contribution in [3.8, 4) is 0 Å². The number of carbonyl (C=O) groups is 1. The molecule has 0 atom stereocenters. The van der Waals surface area contributed by atoms with Gasteiger partial charge in [-0.15, -0.1) is 36.2 Å². The molecule has 0 saturated heterocycles. The predicted molar refractivity (Wildman–Crippen MR) is 101 cm³/mol. The largest absolute Gasteiger partial charge is 0.350 e. The number of hydrogen-bond acceptors (Lipinski definition) is 4. The minimum atomic E-state index is -0.235. The van der Waals surface area contributed by atoms with E-state index < -0.39 is 0 Å². The summed E-state index contributed by atoms with van der Waals surface area (Å²) in [6.07, 6.45) is 6.85. The molecule has 1 heterocycles. The molecule has 1 aliphatic rings. The lowest BCUT2D eigenvalue weighted by Crippen LogP contribution is -2.49. The Morgan fingerprint density at radius 2 is 1.91 bits per heavy atom. The first kappa shape index (κ1) is 20.2. The second kappa shape index (κ2) is 8.83. The van der Waals surface area contributed by atoms with Crippen LogP contribution in [0.15, 0.2) is 23.7 Å². The Labute approximate surface area is 153 Å². The number of nitrogens with two attached hydrogens (primary N) is 1. The summed E-state index contributed by atoms with van der Waals surface area (Å²) in [7, 11) is 0. The molecule has 1 aromatic carbocycles. The van der Waals surface area contributed by atoms with Crippen LogP contribution in [-0.2, 0) is 0 Å². The molecule has 128 valence electrons. The van der Waals surface area contributed by atoms with E-state index in [-0.39, 0.29) is 36.3 Å². The van der Waals surface area contributed by atoms with Crippen LogP contribution in [0.1, 0.15) is 48.9 Å². The second-order valence-electron chi connectivity index (χ2n) is 5.99. The van der Waals surface area contributed by atoms with Gasteiger partial charge in [0.15, 0.2) is 0 Å². The Balaban J connectivity index is 0.00000132. The van der Waals surface area contributed by atoms with E-state index in [0.29, 0.717) is 12.1 Å². The van der Waals surface area contributed by atoms with E-state index in [4.69, 9.17) is 5.73 Å². The number of hydrogen-bond donors (Lipinski definition) is 2. The summed E-state index contributed by atoms with van der Waals surface area (Å²) >= 11 is 1.55. The molecule has 4 nitrogen and oxygen atoms in total. The molecule has 7 heteroatoms. The van der Waals surface area contributed by atoms with Crippen molar-refractivity contribution in [1.29, 1.82) is 0 Å². The molecule has 3 rings (SSSR count). The minimum Gasteiger partial charge on any atom is -0.350 e. The summed E-state index contributed by atoms with van der Waals surface area (Å²) in [5.41, 5.74) is 9.62. The first-order valence-electron chi connectivity index (χ1n) is 7.57. The Bertz CT molecular complexity index is 639. The first-order valence-corrected chi connectivity index (χ1v) is 8.45. The van der Waals surface area contributed by atoms with Gasteiger partial charge in [-0.1, -0.05) is 25.7 Å². The van der Waals surface area contributed by atoms with Gasteiger partial charge in [-0.05, 0) is 31.0 Å². The zero-order chi connectivity index (χ0) is 14.7. The highest BCUT2D eigenvalue weighted by Gasteiger charge is 2.26. The van der Waals surface area contributed by atoms with Crippen LogP contribution in [0.4, 0.5) is 0 Å². The Morgan fingerprint density at radius 3 is 2.61 bits per heavy atom. The first-order chi connectivity index (χ1) is 10.2. The Kier molecular flexibility index (Phi) is 7.74. The van der Waals surface area contributed by atoms with Crippen molar-refractivity contribution in [2.24, 2.45) is 5.73 Å². The molecule has 1 aromatic heterocycles. The summed E-state index contributed by atoms with van der Waals surface area (Å²) in [5.74, 6) is -0.0422. The maximum absolute atomic E-state index is 12.3. The zero-order valence-electron chi connectivity index (χ0n) is 12.9. The average molecular weight is 376 g/mol. The molecule has 0 unspecified atom stereocenters. The van der Waals surface area contributed by atoms with Gasteiger partial charge in [0.05, 0.1) is 15.7 Å². The number of fused-ring (bicyclic) bond motifs is 1. The van der Waals surface area contributed by atoms with Crippen LogP contribution < -0.4 is 11.1 Å². The van der Waals surface area contributed by atoms with Crippen LogP contribution in [0.2, 0.25) is 0 Å². The molecular formula is C16H23Cl2N3OS. The fourth-order valence-corrected chi connectivity index (χ4v) is 3.68. The fraction of sp³-hybridized carbons (Fsp3) is 0.500. The molecule has 23 heavy (non-hydrogen) atoms. The van der Waals surface area contributed by atoms with Gasteiger partial charge in [-0.3, -0.25) is 4.79 Å². The number of halogens is 2. The van der Waals surface area contributed by atoms with Gasteiger partial charge < -0.3 is 11.1 Å². The van der Waals surface area contributed by atoms with Gasteiger partial charge in [0.2, 0.25) is 0 Å². The van der Waals surface area contributed by atoms with E-state index in [2.05, 4.69) is 10.3 Å². The number of rotatable bonds is 3. The molecule has 0 spiro atoms. The average Bonchev–Trinajstić information content (AvgIpc) is 2.85. The van der Waals surface area contributed by atoms with Gasteiger partial charge in [0, 0.05) is 17.6 Å². The van der Waals surface area contributed by atoms with Crippen molar-refractivity contribution in [1.82, 2.24) is 10.3 Å². The van der Waals surface area contributed by atoms with Gasteiger partial charge in [0.25, 0.3) is 5.91 Å². The molecule has 1 aliphatic carbocycles. The third-order valence-corrected chi connectivity index (χ3v) is 5.09. The van der Waals surface area contributed by atoms with E-state index >= 15 is 0 Å². The van der Waals surface area contributed by atoms with Crippen LogP contribution in [0.25, 0.3) is 10.2 Å². The number of nitrogens with zero attached hydrogens (tertiary/aromatic N) is 1. The van der Waals surface area contributed by atoms with Gasteiger partial charge in [0.1, 0.15) is 0 Å². The number of carbonyl (C=O) groups excluding carboxylic acids is 1. The fourth-order valence-electron chi connectivity index (χ4n) is 2.96. The van der Waals surface area contributed by atoms with Crippen LogP contribution >= 0.6 is 36.2 Å². The maximum atomic E-state index is 12.3. The predicted octanol–water partition coefficient (Wildman–Crippen LogP) is 3.92. The van der Waals surface area contributed by atoms with Gasteiger partial charge in [-0.2, -0.15) is 0 Å².